The third-order valence-electron chi connectivity index (χ3n) is 16.2. The lowest BCUT2D eigenvalue weighted by molar-refractivity contribution is 0.590. The molecule has 400 valence electrons. The van der Waals surface area contributed by atoms with E-state index in [1.165, 1.54) is 97.3 Å². The van der Waals surface area contributed by atoms with Gasteiger partial charge in [0.05, 0.1) is 16.1 Å². The zero-order valence-electron chi connectivity index (χ0n) is 50.3. The van der Waals surface area contributed by atoms with Crippen LogP contribution in [0.4, 0.5) is 0 Å². The van der Waals surface area contributed by atoms with Crippen LogP contribution in [-0.4, -0.2) is 16.1 Å². The molecule has 0 nitrogen and oxygen atoms in total. The van der Waals surface area contributed by atoms with Crippen molar-refractivity contribution in [3.8, 4) is 47.4 Å². The lowest BCUT2D eigenvalue weighted by Crippen LogP contribution is -2.38. The molecule has 0 fully saturated rings. The van der Waals surface area contributed by atoms with E-state index in [0.29, 0.717) is 0 Å². The van der Waals surface area contributed by atoms with Gasteiger partial charge in [0.25, 0.3) is 0 Å². The quantitative estimate of drug-likeness (QED) is 0.0919. The maximum atomic E-state index is 3.62. The van der Waals surface area contributed by atoms with Gasteiger partial charge in [-0.25, -0.2) is 0 Å². The highest BCUT2D eigenvalue weighted by atomic mass is 28.3. The Kier molecular flexibility index (Phi) is 14.4. The average Bonchev–Trinajstić information content (AvgIpc) is 1.68. The van der Waals surface area contributed by atoms with Crippen LogP contribution in [0.1, 0.15) is 108 Å². The second kappa shape index (κ2) is 21.4. The SMILES string of the molecule is Cc1cc(C#Cc2ccc(C(C)(C)C)cc2)c2ccc3c([Si](C)(C)C)cc(C#Cc4ccc(C(C)(C)C)cc4)c4ccc1c2c43.Cc1cc(C#Cc2ccccc2)c2ccc3c([Si](C)(C)C)cc(C#Cc4ccccc4)c4ccc1c2c43. The summed E-state index contributed by atoms with van der Waals surface area (Å²) in [4.78, 5) is 0. The molecule has 0 saturated heterocycles. The Hall–Kier alpha value is -8.61. The average molecular weight is 1090 g/mol. The molecule has 2 heteroatoms. The largest absolute Gasteiger partial charge is 0.0784 e. The molecule has 12 aromatic carbocycles. The Morgan fingerprint density at radius 1 is 0.268 bits per heavy atom. The van der Waals surface area contributed by atoms with Gasteiger partial charge < -0.3 is 0 Å². The van der Waals surface area contributed by atoms with Crippen molar-refractivity contribution in [2.45, 2.75) is 106 Å². The summed E-state index contributed by atoms with van der Waals surface area (Å²) in [6.07, 6.45) is 0. The first-order chi connectivity index (χ1) is 39.0. The highest BCUT2D eigenvalue weighted by molar-refractivity contribution is 6.91. The van der Waals surface area contributed by atoms with Crippen molar-refractivity contribution in [1.82, 2.24) is 0 Å². The van der Waals surface area contributed by atoms with Crippen molar-refractivity contribution in [3.05, 3.63) is 249 Å². The minimum atomic E-state index is -1.69. The van der Waals surface area contributed by atoms with Crippen LogP contribution in [0.3, 0.4) is 0 Å². The molecule has 0 atom stereocenters. The summed E-state index contributed by atoms with van der Waals surface area (Å²) in [5, 5.41) is 18.4. The highest BCUT2D eigenvalue weighted by Crippen LogP contribution is 2.41. The molecule has 0 N–H and O–H groups in total. The van der Waals surface area contributed by atoms with Gasteiger partial charge in [-0.1, -0.05) is 248 Å². The lowest BCUT2D eigenvalue weighted by atomic mass is 9.86. The number of aryl methyl sites for hydroxylation is 2. The summed E-state index contributed by atoms with van der Waals surface area (Å²) in [6, 6.07) is 65.6. The van der Waals surface area contributed by atoms with Gasteiger partial charge in [0.1, 0.15) is 0 Å². The Labute approximate surface area is 489 Å². The summed E-state index contributed by atoms with van der Waals surface area (Å²) in [5.74, 6) is 28.0. The topological polar surface area (TPSA) is 0 Å². The van der Waals surface area contributed by atoms with Gasteiger partial charge in [-0.05, 0) is 184 Å². The van der Waals surface area contributed by atoms with Crippen LogP contribution in [0.25, 0.3) is 64.6 Å². The van der Waals surface area contributed by atoms with Gasteiger partial charge in [0.2, 0.25) is 0 Å². The normalized spacial score (nSPS) is 11.9. The van der Waals surface area contributed by atoms with Gasteiger partial charge in [-0.3, -0.25) is 0 Å². The predicted octanol–water partition coefficient (Wildman–Crippen LogP) is 19.1. The van der Waals surface area contributed by atoms with Crippen molar-refractivity contribution >= 4 is 91.2 Å². The standard InChI is InChI=1S/C44H44Si.C36H28Si/c1-29-27-32(17-11-30-13-19-34(20-14-30)43(2,3)4)37-25-26-39-40(45(8,9)10)28-33(38-24-23-36(29)41(37)42(38)39)18-12-31-15-21-35(22-16-31)44(5,6)7;1-25-23-28(17-15-26-11-7-5-8-12-26)31-21-22-33-34(37(2,3)4)24-29(18-16-27-13-9-6-10-14-27)32-20-19-30(25)35(31)36(32)33/h13-16,19-28H,1-10H3;5-14,19-24H,1-4H3. The fourth-order valence-electron chi connectivity index (χ4n) is 11.7. The maximum absolute atomic E-state index is 3.62. The van der Waals surface area contributed by atoms with Crippen LogP contribution in [-0.2, 0) is 10.8 Å². The molecule has 0 aliphatic rings. The van der Waals surface area contributed by atoms with E-state index >= 15 is 0 Å². The monoisotopic (exact) mass is 1090 g/mol. The van der Waals surface area contributed by atoms with Crippen LogP contribution < -0.4 is 10.4 Å². The summed E-state index contributed by atoms with van der Waals surface area (Å²) in [5.41, 5.74) is 14.0. The molecule has 82 heavy (non-hydrogen) atoms. The van der Waals surface area contributed by atoms with Crippen LogP contribution in [0, 0.1) is 61.2 Å². The fourth-order valence-corrected chi connectivity index (χ4v) is 14.9. The first-order valence-electron chi connectivity index (χ1n) is 28.9. The number of hydrogen-bond donors (Lipinski definition) is 0. The molecule has 0 radical (unpaired) electrons. The molecular weight excluding hydrogens is 1020 g/mol. The van der Waals surface area contributed by atoms with Crippen LogP contribution in [0.2, 0.25) is 39.3 Å². The van der Waals surface area contributed by atoms with E-state index in [4.69, 9.17) is 0 Å². The molecule has 0 unspecified atom stereocenters. The summed E-state index contributed by atoms with van der Waals surface area (Å²) >= 11 is 0. The summed E-state index contributed by atoms with van der Waals surface area (Å²) in [6.45, 7) is 32.5. The van der Waals surface area contributed by atoms with Crippen molar-refractivity contribution in [2.24, 2.45) is 0 Å². The number of benzene rings is 12. The Morgan fingerprint density at radius 3 is 0.817 bits per heavy atom. The Balaban J connectivity index is 0.000000175. The van der Waals surface area contributed by atoms with Crippen molar-refractivity contribution in [2.75, 3.05) is 0 Å². The molecule has 12 rings (SSSR count). The van der Waals surface area contributed by atoms with Crippen molar-refractivity contribution in [3.63, 3.8) is 0 Å². The van der Waals surface area contributed by atoms with Crippen LogP contribution in [0.5, 0.6) is 0 Å². The molecule has 0 spiro atoms. The third kappa shape index (κ3) is 11.0. The van der Waals surface area contributed by atoms with Gasteiger partial charge in [-0.2, -0.15) is 0 Å². The molecule has 12 aromatic rings. The lowest BCUT2D eigenvalue weighted by Gasteiger charge is -2.23. The first-order valence-corrected chi connectivity index (χ1v) is 35.9. The minimum Gasteiger partial charge on any atom is -0.0656 e. The Morgan fingerprint density at radius 2 is 0.524 bits per heavy atom. The zero-order valence-corrected chi connectivity index (χ0v) is 52.3. The molecule has 0 aliphatic heterocycles. The maximum Gasteiger partial charge on any atom is 0.0784 e. The molecule has 0 aliphatic carbocycles. The van der Waals surface area contributed by atoms with Gasteiger partial charge in [0.15, 0.2) is 0 Å². The summed E-state index contributed by atoms with van der Waals surface area (Å²) < 4.78 is 0. The minimum absolute atomic E-state index is 0.127. The summed E-state index contributed by atoms with van der Waals surface area (Å²) in [7, 11) is -3.34. The molecule has 0 aromatic heterocycles. The molecule has 0 amide bonds. The molecule has 0 heterocycles. The highest BCUT2D eigenvalue weighted by Gasteiger charge is 2.26. The second-order valence-corrected chi connectivity index (χ2v) is 36.5. The third-order valence-corrected chi connectivity index (χ3v) is 20.3. The Bertz CT molecular complexity index is 4690. The van der Waals surface area contributed by atoms with E-state index < -0.39 is 16.1 Å². The van der Waals surface area contributed by atoms with E-state index in [9.17, 15) is 0 Å². The van der Waals surface area contributed by atoms with Crippen molar-refractivity contribution in [1.29, 1.82) is 0 Å². The predicted molar refractivity (Wildman–Crippen MR) is 363 cm³/mol. The van der Waals surface area contributed by atoms with Crippen LogP contribution >= 0.6 is 0 Å². The molecular formula is C80H72Si2. The zero-order chi connectivity index (χ0) is 57.9. The van der Waals surface area contributed by atoms with Gasteiger partial charge in [-0.15, -0.1) is 0 Å². The van der Waals surface area contributed by atoms with Gasteiger partial charge >= 0.3 is 0 Å². The van der Waals surface area contributed by atoms with E-state index in [-0.39, 0.29) is 10.8 Å². The number of hydrogen-bond acceptors (Lipinski definition) is 0. The smallest absolute Gasteiger partial charge is 0.0656 e. The van der Waals surface area contributed by atoms with Crippen molar-refractivity contribution < 1.29 is 0 Å². The van der Waals surface area contributed by atoms with E-state index in [1.54, 1.807) is 0 Å². The van der Waals surface area contributed by atoms with E-state index in [0.717, 1.165) is 44.5 Å². The van der Waals surface area contributed by atoms with Crippen LogP contribution in [0.15, 0.2) is 182 Å². The molecule has 0 bridgehead atoms. The van der Waals surface area contributed by atoms with E-state index in [2.05, 4.69) is 288 Å². The van der Waals surface area contributed by atoms with E-state index in [1.807, 2.05) is 36.4 Å². The van der Waals surface area contributed by atoms with Gasteiger partial charge in [0, 0.05) is 44.5 Å². The number of rotatable bonds is 2. The first kappa shape index (κ1) is 55.3. The second-order valence-electron chi connectivity index (χ2n) is 26.5. The molecule has 0 saturated carbocycles. The fraction of sp³-hybridized carbons (Fsp3) is 0.200.